The first-order valence-corrected chi connectivity index (χ1v) is 2.96. The Morgan fingerprint density at radius 3 is 0.875 bits per heavy atom. The van der Waals surface area contributed by atoms with Crippen LogP contribution in [-0.2, 0) is 48.1 Å². The van der Waals surface area contributed by atoms with E-state index in [2.05, 4.69) is 0 Å². The first kappa shape index (κ1) is 22.6. The maximum absolute atomic E-state index is 8.57. The van der Waals surface area contributed by atoms with Crippen molar-refractivity contribution < 1.29 is 57.9 Å². The van der Waals surface area contributed by atoms with Gasteiger partial charge in [-0.3, -0.25) is 9.13 Å². The van der Waals surface area contributed by atoms with Gasteiger partial charge >= 0.3 is 39.0 Å². The zero-order valence-corrected chi connectivity index (χ0v) is 12.5. The molecule has 0 aliphatic rings. The van der Waals surface area contributed by atoms with Gasteiger partial charge in [0.2, 0.25) is 0 Å². The van der Waals surface area contributed by atoms with E-state index < -0.39 is 17.4 Å². The van der Waals surface area contributed by atoms with E-state index in [4.69, 9.17) is 18.9 Å². The Bertz CT molecular complexity index is 33.0. The van der Waals surface area contributed by atoms with Gasteiger partial charge in [-0.1, -0.05) is 0 Å². The average Bonchev–Trinajstić information content (AvgIpc) is 1.39. The summed E-state index contributed by atoms with van der Waals surface area (Å²) in [7, 11) is -3.00. The number of hydrogen-bond donors (Lipinski definition) is 2. The van der Waals surface area contributed by atoms with Crippen LogP contribution in [0.3, 0.4) is 0 Å². The third kappa shape index (κ3) is 127. The molecule has 0 aromatic carbocycles. The Morgan fingerprint density at radius 2 is 0.875 bits per heavy atom. The van der Waals surface area contributed by atoms with E-state index in [9.17, 15) is 0 Å². The Hall–Kier alpha value is 1.63. The predicted octanol–water partition coefficient (Wildman–Crippen LogP) is -0.705. The van der Waals surface area contributed by atoms with E-state index in [1.165, 1.54) is 0 Å². The Labute approximate surface area is 75.1 Å². The second-order valence-corrected chi connectivity index (χ2v) is 0.632. The molecule has 0 heterocycles. The van der Waals surface area contributed by atoms with E-state index in [-0.39, 0.29) is 39.0 Å². The summed E-state index contributed by atoms with van der Waals surface area (Å²) >= 11 is 0. The summed E-state index contributed by atoms with van der Waals surface area (Å²) in [6.45, 7) is 0. The number of rotatable bonds is 0. The fraction of sp³-hybridized carbons (Fsp3) is 0. The molecule has 0 aliphatic heterocycles. The van der Waals surface area contributed by atoms with Crippen LogP contribution in [0.25, 0.3) is 0 Å². The van der Waals surface area contributed by atoms with Crippen LogP contribution in [0.15, 0.2) is 0 Å². The molecule has 0 saturated heterocycles. The van der Waals surface area contributed by atoms with Gasteiger partial charge in [0.15, 0.2) is 17.4 Å². The molecule has 8 heavy (non-hydrogen) atoms. The molecule has 0 fully saturated rings. The van der Waals surface area contributed by atoms with Crippen molar-refractivity contribution in [3.8, 4) is 0 Å². The van der Waals surface area contributed by atoms with E-state index in [1.807, 2.05) is 0 Å². The maximum atomic E-state index is 8.57. The van der Waals surface area contributed by atoms with Gasteiger partial charge in [0, 0.05) is 0 Å². The molecule has 0 aromatic heterocycles. The van der Waals surface area contributed by atoms with Crippen molar-refractivity contribution in [1.29, 1.82) is 0 Å². The Kier molecular flexibility index (Phi) is 108. The van der Waals surface area contributed by atoms with Crippen molar-refractivity contribution in [2.45, 2.75) is 0 Å². The van der Waals surface area contributed by atoms with E-state index in [1.54, 1.807) is 0 Å². The van der Waals surface area contributed by atoms with Crippen molar-refractivity contribution in [1.82, 2.24) is 0 Å². The van der Waals surface area contributed by atoms with Crippen molar-refractivity contribution in [2.75, 3.05) is 0 Å². The molecule has 40 valence electrons. The largest absolute Gasteiger partial charge is 2.00 e. The molecule has 2 N–H and O–H groups in total. The molecule has 4 nitrogen and oxygen atoms in total. The molecule has 0 radical (unpaired) electrons. The van der Waals surface area contributed by atoms with Gasteiger partial charge in [-0.2, -0.15) is 0 Å². The van der Waals surface area contributed by atoms with Crippen LogP contribution in [0, 0.1) is 0 Å². The Morgan fingerprint density at radius 1 is 0.875 bits per heavy atom. The van der Waals surface area contributed by atoms with Gasteiger partial charge in [0.1, 0.15) is 0 Å². The van der Waals surface area contributed by atoms with Crippen LogP contribution in [-0.4, -0.2) is 9.79 Å². The standard InChI is InChI=1S/2H3O2P.2Zn/c2*1-3-2;;/h2*3H2,(H,1,2);;/q;;2*+2. The summed E-state index contributed by atoms with van der Waals surface area (Å²) in [6, 6.07) is 0. The second kappa shape index (κ2) is 38.1. The zero-order chi connectivity index (χ0) is 5.41. The third-order valence-electron chi connectivity index (χ3n) is 0. The summed E-state index contributed by atoms with van der Waals surface area (Å²) in [5, 5.41) is 0. The minimum absolute atomic E-state index is 0. The topological polar surface area (TPSA) is 74.6 Å². The van der Waals surface area contributed by atoms with E-state index in [0.29, 0.717) is 0 Å². The molecule has 2 atom stereocenters. The third-order valence-corrected chi connectivity index (χ3v) is 0. The van der Waals surface area contributed by atoms with Gasteiger partial charge in [-0.15, -0.1) is 0 Å². The van der Waals surface area contributed by atoms with Crippen molar-refractivity contribution in [3.05, 3.63) is 0 Å². The summed E-state index contributed by atoms with van der Waals surface area (Å²) in [4.78, 5) is 14.2. The smallest absolute Gasteiger partial charge is 0.348 e. The normalized spacial score (nSPS) is 7.25. The monoisotopic (exact) mass is 260 g/mol. The van der Waals surface area contributed by atoms with E-state index >= 15 is 0 Å². The molecule has 0 spiro atoms. The Balaban J connectivity index is -0.0000000160. The van der Waals surface area contributed by atoms with E-state index in [0.717, 1.165) is 0 Å². The molecule has 2 unspecified atom stereocenters. The first-order chi connectivity index (χ1) is 2.83. The fourth-order valence-corrected chi connectivity index (χ4v) is 0. The van der Waals surface area contributed by atoms with Crippen LogP contribution in [0.1, 0.15) is 0 Å². The zero-order valence-electron chi connectivity index (χ0n) is 4.28. The predicted molar refractivity (Wildman–Crippen MR) is 25.2 cm³/mol. The van der Waals surface area contributed by atoms with Crippen LogP contribution >= 0.6 is 17.4 Å². The SMILES string of the molecule is O=[PH2]O.O=[PH2]O.[Zn+2].[Zn+2]. The van der Waals surface area contributed by atoms with Gasteiger partial charge < -0.3 is 9.79 Å². The summed E-state index contributed by atoms with van der Waals surface area (Å²) in [6.07, 6.45) is 0. The van der Waals surface area contributed by atoms with Gasteiger partial charge in [0.25, 0.3) is 0 Å². The van der Waals surface area contributed by atoms with Crippen molar-refractivity contribution in [3.63, 3.8) is 0 Å². The molecular weight excluding hydrogens is 257 g/mol. The minimum atomic E-state index is -1.50. The maximum Gasteiger partial charge on any atom is 2.00 e. The van der Waals surface area contributed by atoms with Crippen LogP contribution in [0.5, 0.6) is 0 Å². The first-order valence-electron chi connectivity index (χ1n) is 0.988. The van der Waals surface area contributed by atoms with Gasteiger partial charge in [0.05, 0.1) is 0 Å². The molecule has 0 amide bonds. The minimum Gasteiger partial charge on any atom is -0.348 e. The quantitative estimate of drug-likeness (QED) is 0.447. The summed E-state index contributed by atoms with van der Waals surface area (Å²) in [5.41, 5.74) is 0. The van der Waals surface area contributed by atoms with Crippen LogP contribution in [0.2, 0.25) is 0 Å². The molecule has 0 bridgehead atoms. The second-order valence-electron chi connectivity index (χ2n) is 0.211. The van der Waals surface area contributed by atoms with Gasteiger partial charge in [-0.05, 0) is 0 Å². The van der Waals surface area contributed by atoms with Crippen LogP contribution in [0.4, 0.5) is 0 Å². The van der Waals surface area contributed by atoms with Crippen molar-refractivity contribution >= 4 is 17.4 Å². The summed E-state index contributed by atoms with van der Waals surface area (Å²) in [5.74, 6) is 0. The molecular formula is H6O4P2Zn2+4. The molecule has 0 rings (SSSR count). The van der Waals surface area contributed by atoms with Gasteiger partial charge in [-0.25, -0.2) is 0 Å². The fourth-order valence-electron chi connectivity index (χ4n) is 0. The summed E-state index contributed by atoms with van der Waals surface area (Å²) < 4.78 is 17.1. The number of hydrogen-bond acceptors (Lipinski definition) is 2. The average molecular weight is 263 g/mol. The van der Waals surface area contributed by atoms with Crippen LogP contribution < -0.4 is 0 Å². The molecule has 0 aromatic rings. The molecule has 0 saturated carbocycles. The van der Waals surface area contributed by atoms with Crippen molar-refractivity contribution in [2.24, 2.45) is 0 Å². The molecule has 8 heteroatoms. The molecule has 0 aliphatic carbocycles.